The van der Waals surface area contributed by atoms with Crippen LogP contribution in [0.5, 0.6) is 0 Å². The van der Waals surface area contributed by atoms with Gasteiger partial charge in [0.25, 0.3) is 0 Å². The average molecular weight is 314 g/mol. The van der Waals surface area contributed by atoms with E-state index in [-0.39, 0.29) is 10.8 Å². The van der Waals surface area contributed by atoms with Crippen LogP contribution in [0.25, 0.3) is 0 Å². The van der Waals surface area contributed by atoms with E-state index in [1.165, 1.54) is 24.0 Å². The van der Waals surface area contributed by atoms with Gasteiger partial charge in [0.05, 0.1) is 5.56 Å². The van der Waals surface area contributed by atoms with Crippen LogP contribution >= 0.6 is 0 Å². The smallest absolute Gasteiger partial charge is 0.113 e. The van der Waals surface area contributed by atoms with Crippen LogP contribution in [0.4, 0.5) is 0 Å². The summed E-state index contributed by atoms with van der Waals surface area (Å²) in [5, 5.41) is 8.81. The van der Waals surface area contributed by atoms with E-state index in [1.54, 1.807) is 18.3 Å². The van der Waals surface area contributed by atoms with Crippen LogP contribution in [-0.2, 0) is 10.8 Å². The van der Waals surface area contributed by atoms with Crippen LogP contribution in [0.2, 0.25) is 0 Å². The number of aromatic nitrogens is 1. The zero-order valence-electron chi connectivity index (χ0n) is 14.8. The molecule has 0 amide bonds. The molecule has 2 aromatic rings. The summed E-state index contributed by atoms with van der Waals surface area (Å²) < 4.78 is 0. The Morgan fingerprint density at radius 1 is 0.875 bits per heavy atom. The minimum Gasteiger partial charge on any atom is -0.246 e. The van der Waals surface area contributed by atoms with Crippen molar-refractivity contribution in [1.82, 2.24) is 4.98 Å². The first-order valence-electron chi connectivity index (χ1n) is 8.35. The van der Waals surface area contributed by atoms with Gasteiger partial charge in [-0.05, 0) is 65.0 Å². The van der Waals surface area contributed by atoms with Crippen molar-refractivity contribution in [3.8, 4) is 17.9 Å². The Hall–Kier alpha value is -2.58. The van der Waals surface area contributed by atoms with Gasteiger partial charge in [-0.15, -0.1) is 0 Å². The molecule has 3 rings (SSSR count). The SMILES string of the molecule is CC1(C)CCC(C)(C)c2cc(C#Cc3ccc(C#N)cn3)ccc21. The summed E-state index contributed by atoms with van der Waals surface area (Å²) in [4.78, 5) is 4.21. The van der Waals surface area contributed by atoms with Gasteiger partial charge >= 0.3 is 0 Å². The molecule has 0 spiro atoms. The Bertz CT molecular complexity index is 869. The Labute approximate surface area is 144 Å². The summed E-state index contributed by atoms with van der Waals surface area (Å²) in [6, 6.07) is 12.2. The molecule has 24 heavy (non-hydrogen) atoms. The normalized spacial score (nSPS) is 17.1. The standard InChI is InChI=1S/C22H22N2/c1-21(2)11-12-22(3,4)20-13-16(7-10-19(20)21)5-8-18-9-6-17(14-23)15-24-18/h6-7,9-10,13,15H,11-12H2,1-4H3. The lowest BCUT2D eigenvalue weighted by molar-refractivity contribution is 0.332. The number of benzene rings is 1. The molecule has 2 nitrogen and oxygen atoms in total. The Morgan fingerprint density at radius 3 is 2.17 bits per heavy atom. The highest BCUT2D eigenvalue weighted by atomic mass is 14.7. The molecule has 2 heteroatoms. The van der Waals surface area contributed by atoms with Crippen LogP contribution in [-0.4, -0.2) is 4.98 Å². The highest BCUT2D eigenvalue weighted by Crippen LogP contribution is 2.45. The molecule has 0 saturated carbocycles. The molecule has 0 N–H and O–H groups in total. The van der Waals surface area contributed by atoms with Crippen LogP contribution in [0.1, 0.15) is 68.5 Å². The molecule has 0 saturated heterocycles. The molecule has 0 fully saturated rings. The summed E-state index contributed by atoms with van der Waals surface area (Å²) in [7, 11) is 0. The predicted molar refractivity (Wildman–Crippen MR) is 96.7 cm³/mol. The number of rotatable bonds is 0. The monoisotopic (exact) mass is 314 g/mol. The molecule has 1 aliphatic rings. The largest absolute Gasteiger partial charge is 0.246 e. The van der Waals surface area contributed by atoms with E-state index < -0.39 is 0 Å². The third-order valence-electron chi connectivity index (χ3n) is 5.08. The lowest BCUT2D eigenvalue weighted by atomic mass is 9.63. The van der Waals surface area contributed by atoms with E-state index in [4.69, 9.17) is 5.26 Å². The summed E-state index contributed by atoms with van der Waals surface area (Å²) >= 11 is 0. The van der Waals surface area contributed by atoms with Gasteiger partial charge in [0.1, 0.15) is 11.8 Å². The minimum absolute atomic E-state index is 0.190. The van der Waals surface area contributed by atoms with Gasteiger partial charge < -0.3 is 0 Å². The van der Waals surface area contributed by atoms with Crippen molar-refractivity contribution in [2.24, 2.45) is 0 Å². The van der Waals surface area contributed by atoms with E-state index in [0.717, 1.165) is 5.56 Å². The van der Waals surface area contributed by atoms with Crippen LogP contribution in [0.3, 0.4) is 0 Å². The van der Waals surface area contributed by atoms with E-state index in [2.05, 4.69) is 68.8 Å². The van der Waals surface area contributed by atoms with Crippen molar-refractivity contribution in [2.75, 3.05) is 0 Å². The van der Waals surface area contributed by atoms with E-state index >= 15 is 0 Å². The molecular formula is C22H22N2. The molecule has 1 aromatic heterocycles. The molecule has 120 valence electrons. The molecule has 1 heterocycles. The van der Waals surface area contributed by atoms with Gasteiger partial charge in [-0.25, -0.2) is 4.98 Å². The maximum absolute atomic E-state index is 8.81. The van der Waals surface area contributed by atoms with Gasteiger partial charge in [0, 0.05) is 11.8 Å². The van der Waals surface area contributed by atoms with Gasteiger partial charge in [0.2, 0.25) is 0 Å². The van der Waals surface area contributed by atoms with E-state index in [1.807, 2.05) is 0 Å². The van der Waals surface area contributed by atoms with Crippen molar-refractivity contribution >= 4 is 0 Å². The third-order valence-corrected chi connectivity index (χ3v) is 5.08. The summed E-state index contributed by atoms with van der Waals surface area (Å²) in [6.45, 7) is 9.29. The van der Waals surface area contributed by atoms with Crippen LogP contribution in [0.15, 0.2) is 36.5 Å². The second kappa shape index (κ2) is 5.81. The van der Waals surface area contributed by atoms with Gasteiger partial charge in [-0.2, -0.15) is 5.26 Å². The van der Waals surface area contributed by atoms with Crippen molar-refractivity contribution < 1.29 is 0 Å². The van der Waals surface area contributed by atoms with Gasteiger partial charge in [-0.3, -0.25) is 0 Å². The fourth-order valence-corrected chi connectivity index (χ4v) is 3.34. The van der Waals surface area contributed by atoms with Crippen molar-refractivity contribution in [2.45, 2.75) is 51.4 Å². The number of nitrogens with zero attached hydrogens (tertiary/aromatic N) is 2. The molecule has 0 unspecified atom stereocenters. The maximum atomic E-state index is 8.81. The first-order valence-corrected chi connectivity index (χ1v) is 8.35. The highest BCUT2D eigenvalue weighted by Gasteiger charge is 2.36. The second-order valence-corrected chi connectivity index (χ2v) is 7.82. The number of nitriles is 1. The molecular weight excluding hydrogens is 292 g/mol. The molecule has 0 aliphatic heterocycles. The van der Waals surface area contributed by atoms with Gasteiger partial charge in [-0.1, -0.05) is 39.7 Å². The molecule has 0 bridgehead atoms. The number of fused-ring (bicyclic) bond motifs is 1. The van der Waals surface area contributed by atoms with Crippen molar-refractivity contribution in [3.05, 3.63) is 64.5 Å². The zero-order chi connectivity index (χ0) is 17.4. The summed E-state index contributed by atoms with van der Waals surface area (Å²) in [5.74, 6) is 6.31. The highest BCUT2D eigenvalue weighted by molar-refractivity contribution is 5.49. The topological polar surface area (TPSA) is 36.7 Å². The fourth-order valence-electron chi connectivity index (χ4n) is 3.34. The quantitative estimate of drug-likeness (QED) is 0.661. The fraction of sp³-hybridized carbons (Fsp3) is 0.364. The minimum atomic E-state index is 0.190. The van der Waals surface area contributed by atoms with Crippen LogP contribution < -0.4 is 0 Å². The Balaban J connectivity index is 1.97. The number of hydrogen-bond donors (Lipinski definition) is 0. The first kappa shape index (κ1) is 16.3. The molecule has 1 aliphatic carbocycles. The average Bonchev–Trinajstić information content (AvgIpc) is 2.58. The first-order chi connectivity index (χ1) is 11.3. The molecule has 0 atom stereocenters. The lowest BCUT2D eigenvalue weighted by Crippen LogP contribution is -2.33. The third kappa shape index (κ3) is 3.06. The number of pyridine rings is 1. The van der Waals surface area contributed by atoms with Gasteiger partial charge in [0.15, 0.2) is 0 Å². The maximum Gasteiger partial charge on any atom is 0.113 e. The lowest BCUT2D eigenvalue weighted by Gasteiger charge is -2.41. The Morgan fingerprint density at radius 2 is 1.54 bits per heavy atom. The second-order valence-electron chi connectivity index (χ2n) is 7.82. The molecule has 0 radical (unpaired) electrons. The summed E-state index contributed by atoms with van der Waals surface area (Å²) in [5.41, 5.74) is 5.54. The van der Waals surface area contributed by atoms with E-state index in [0.29, 0.717) is 11.3 Å². The number of hydrogen-bond acceptors (Lipinski definition) is 2. The molecule has 1 aromatic carbocycles. The van der Waals surface area contributed by atoms with E-state index in [9.17, 15) is 0 Å². The van der Waals surface area contributed by atoms with Crippen molar-refractivity contribution in [1.29, 1.82) is 5.26 Å². The van der Waals surface area contributed by atoms with Crippen LogP contribution in [0, 0.1) is 23.2 Å². The zero-order valence-corrected chi connectivity index (χ0v) is 14.8. The summed E-state index contributed by atoms with van der Waals surface area (Å²) in [6.07, 6.45) is 3.97. The Kier molecular flexibility index (Phi) is 3.94. The van der Waals surface area contributed by atoms with Crippen molar-refractivity contribution in [3.63, 3.8) is 0 Å². The predicted octanol–water partition coefficient (Wildman–Crippen LogP) is 4.70.